The summed E-state index contributed by atoms with van der Waals surface area (Å²) in [4.78, 5) is 28.5. The van der Waals surface area contributed by atoms with Gasteiger partial charge in [0.15, 0.2) is 0 Å². The summed E-state index contributed by atoms with van der Waals surface area (Å²) in [5.74, 6) is -1.51. The molecule has 1 unspecified atom stereocenters. The fraction of sp³-hybridized carbons (Fsp3) is 0.231. The molecule has 2 aromatic rings. The van der Waals surface area contributed by atoms with E-state index in [1.807, 2.05) is 0 Å². The van der Waals surface area contributed by atoms with Crippen LogP contribution in [0.5, 0.6) is 0 Å². The number of nitrogens with zero attached hydrogens (tertiary/aromatic N) is 4. The highest BCUT2D eigenvalue weighted by molar-refractivity contribution is 6.30. The average molecular weight is 309 g/mol. The molecule has 0 bridgehead atoms. The third-order valence-corrected chi connectivity index (χ3v) is 3.14. The molecule has 1 atom stereocenters. The Morgan fingerprint density at radius 2 is 2.05 bits per heavy atom. The van der Waals surface area contributed by atoms with Crippen molar-refractivity contribution in [3.63, 3.8) is 0 Å². The number of aliphatic carboxylic acids is 1. The minimum atomic E-state index is -1.11. The first-order chi connectivity index (χ1) is 9.99. The van der Waals surface area contributed by atoms with Crippen LogP contribution in [0.4, 0.5) is 5.69 Å². The van der Waals surface area contributed by atoms with E-state index in [4.69, 9.17) is 16.7 Å². The fourth-order valence-corrected chi connectivity index (χ4v) is 1.93. The molecule has 0 saturated carbocycles. The van der Waals surface area contributed by atoms with E-state index in [0.717, 1.165) is 0 Å². The summed E-state index contributed by atoms with van der Waals surface area (Å²) in [6.45, 7) is 1.18. The van der Waals surface area contributed by atoms with E-state index in [2.05, 4.69) is 10.1 Å². The van der Waals surface area contributed by atoms with Crippen LogP contribution in [-0.2, 0) is 9.59 Å². The first-order valence-electron chi connectivity index (χ1n) is 6.12. The SMILES string of the molecule is CC(C(=O)N(CC(=O)O)c1ccc(Cl)cc1)n1cncn1. The van der Waals surface area contributed by atoms with Gasteiger partial charge in [-0.15, -0.1) is 0 Å². The van der Waals surface area contributed by atoms with Crippen molar-refractivity contribution in [3.05, 3.63) is 41.9 Å². The molecular weight excluding hydrogens is 296 g/mol. The Bertz CT molecular complexity index is 627. The molecule has 0 fully saturated rings. The molecule has 2 rings (SSSR count). The molecule has 1 aromatic carbocycles. The molecule has 0 radical (unpaired) electrons. The van der Waals surface area contributed by atoms with Crippen molar-refractivity contribution in [2.75, 3.05) is 11.4 Å². The lowest BCUT2D eigenvalue weighted by Crippen LogP contribution is -2.40. The molecule has 1 N–H and O–H groups in total. The standard InChI is InChI=1S/C13H13ClN4O3/c1-9(18-8-15-7-16-18)13(21)17(6-12(19)20)11-4-2-10(14)3-5-11/h2-5,7-9H,6H2,1H3,(H,19,20). The van der Waals surface area contributed by atoms with Crippen LogP contribution in [0.25, 0.3) is 0 Å². The Morgan fingerprint density at radius 1 is 1.38 bits per heavy atom. The lowest BCUT2D eigenvalue weighted by Gasteiger charge is -2.24. The molecule has 0 aliphatic carbocycles. The highest BCUT2D eigenvalue weighted by atomic mass is 35.5. The zero-order valence-corrected chi connectivity index (χ0v) is 11.9. The molecule has 8 heteroatoms. The van der Waals surface area contributed by atoms with Crippen LogP contribution in [0.3, 0.4) is 0 Å². The van der Waals surface area contributed by atoms with Crippen molar-refractivity contribution in [2.24, 2.45) is 0 Å². The van der Waals surface area contributed by atoms with Gasteiger partial charge in [-0.25, -0.2) is 9.67 Å². The first kappa shape index (κ1) is 15.0. The average Bonchev–Trinajstić information content (AvgIpc) is 2.98. The number of aromatic nitrogens is 3. The van der Waals surface area contributed by atoms with E-state index in [-0.39, 0.29) is 0 Å². The van der Waals surface area contributed by atoms with Crippen molar-refractivity contribution in [1.82, 2.24) is 14.8 Å². The second-order valence-electron chi connectivity index (χ2n) is 4.35. The number of hydrogen-bond acceptors (Lipinski definition) is 4. The number of carbonyl (C=O) groups is 2. The Hall–Kier alpha value is -2.41. The largest absolute Gasteiger partial charge is 0.480 e. The van der Waals surface area contributed by atoms with E-state index in [1.165, 1.54) is 22.2 Å². The smallest absolute Gasteiger partial charge is 0.323 e. The summed E-state index contributed by atoms with van der Waals surface area (Å²) in [5.41, 5.74) is 0.457. The van der Waals surface area contributed by atoms with Crippen LogP contribution >= 0.6 is 11.6 Å². The maximum atomic E-state index is 12.5. The van der Waals surface area contributed by atoms with Crippen molar-refractivity contribution in [1.29, 1.82) is 0 Å². The van der Waals surface area contributed by atoms with E-state index >= 15 is 0 Å². The molecule has 1 amide bonds. The molecular formula is C13H13ClN4O3. The lowest BCUT2D eigenvalue weighted by molar-refractivity contribution is -0.137. The number of carbonyl (C=O) groups excluding carboxylic acids is 1. The van der Waals surface area contributed by atoms with Gasteiger partial charge in [0.05, 0.1) is 0 Å². The normalized spacial score (nSPS) is 11.9. The highest BCUT2D eigenvalue weighted by Crippen LogP contribution is 2.21. The van der Waals surface area contributed by atoms with Crippen molar-refractivity contribution in [3.8, 4) is 0 Å². The molecule has 110 valence electrons. The predicted octanol–water partition coefficient (Wildman–Crippen LogP) is 1.61. The number of amides is 1. The number of carboxylic acid groups (broad SMARTS) is 1. The Kier molecular flexibility index (Phi) is 4.54. The molecule has 0 aliphatic heterocycles. The second-order valence-corrected chi connectivity index (χ2v) is 4.78. The quantitative estimate of drug-likeness (QED) is 0.906. The second kappa shape index (κ2) is 6.36. The highest BCUT2D eigenvalue weighted by Gasteiger charge is 2.25. The van der Waals surface area contributed by atoms with Crippen LogP contribution in [0, 0.1) is 0 Å². The number of hydrogen-bond donors (Lipinski definition) is 1. The third kappa shape index (κ3) is 3.57. The van der Waals surface area contributed by atoms with Crippen molar-refractivity contribution < 1.29 is 14.7 Å². The number of anilines is 1. The van der Waals surface area contributed by atoms with E-state index < -0.39 is 24.5 Å². The van der Waals surface area contributed by atoms with Gasteiger partial charge in [-0.3, -0.25) is 14.5 Å². The summed E-state index contributed by atoms with van der Waals surface area (Å²) >= 11 is 5.80. The van der Waals surface area contributed by atoms with Gasteiger partial charge in [0.2, 0.25) is 0 Å². The number of benzene rings is 1. The van der Waals surface area contributed by atoms with Gasteiger partial charge in [-0.1, -0.05) is 11.6 Å². The van der Waals surface area contributed by atoms with Gasteiger partial charge in [0.25, 0.3) is 5.91 Å². The Morgan fingerprint density at radius 3 is 2.57 bits per heavy atom. The van der Waals surface area contributed by atoms with E-state index in [0.29, 0.717) is 10.7 Å². The lowest BCUT2D eigenvalue weighted by atomic mass is 10.2. The van der Waals surface area contributed by atoms with Crippen LogP contribution in [0.2, 0.25) is 5.02 Å². The summed E-state index contributed by atoms with van der Waals surface area (Å²) in [6.07, 6.45) is 2.72. The summed E-state index contributed by atoms with van der Waals surface area (Å²) in [5, 5.41) is 13.4. The number of carboxylic acids is 1. The molecule has 0 aliphatic rings. The molecule has 1 aromatic heterocycles. The Balaban J connectivity index is 2.29. The monoisotopic (exact) mass is 308 g/mol. The molecule has 7 nitrogen and oxygen atoms in total. The molecule has 21 heavy (non-hydrogen) atoms. The van der Waals surface area contributed by atoms with E-state index in [1.54, 1.807) is 31.2 Å². The predicted molar refractivity (Wildman–Crippen MR) is 76.2 cm³/mol. The van der Waals surface area contributed by atoms with Crippen LogP contribution in [0.1, 0.15) is 13.0 Å². The summed E-state index contributed by atoms with van der Waals surface area (Å²) < 4.78 is 1.37. The van der Waals surface area contributed by atoms with E-state index in [9.17, 15) is 9.59 Å². The number of rotatable bonds is 5. The van der Waals surface area contributed by atoms with Crippen LogP contribution in [0.15, 0.2) is 36.9 Å². The van der Waals surface area contributed by atoms with Gasteiger partial charge in [0, 0.05) is 10.7 Å². The van der Waals surface area contributed by atoms with Gasteiger partial charge in [-0.05, 0) is 31.2 Å². The van der Waals surface area contributed by atoms with Gasteiger partial charge in [-0.2, -0.15) is 5.10 Å². The molecule has 0 spiro atoms. The Labute approximate surface area is 125 Å². The van der Waals surface area contributed by atoms with Crippen molar-refractivity contribution in [2.45, 2.75) is 13.0 Å². The van der Waals surface area contributed by atoms with Crippen molar-refractivity contribution >= 4 is 29.2 Å². The zero-order chi connectivity index (χ0) is 15.4. The first-order valence-corrected chi connectivity index (χ1v) is 6.49. The minimum absolute atomic E-state index is 0.398. The zero-order valence-electron chi connectivity index (χ0n) is 11.2. The summed E-state index contributed by atoms with van der Waals surface area (Å²) in [6, 6.07) is 5.72. The molecule has 0 saturated heterocycles. The molecule has 1 heterocycles. The van der Waals surface area contributed by atoms with Crippen LogP contribution < -0.4 is 4.90 Å². The minimum Gasteiger partial charge on any atom is -0.480 e. The number of halogens is 1. The van der Waals surface area contributed by atoms with Gasteiger partial charge < -0.3 is 5.11 Å². The fourth-order valence-electron chi connectivity index (χ4n) is 1.81. The maximum absolute atomic E-state index is 12.5. The summed E-state index contributed by atoms with van der Waals surface area (Å²) in [7, 11) is 0. The van der Waals surface area contributed by atoms with Crippen LogP contribution in [-0.4, -0.2) is 38.3 Å². The maximum Gasteiger partial charge on any atom is 0.323 e. The van der Waals surface area contributed by atoms with Gasteiger partial charge in [0.1, 0.15) is 25.2 Å². The third-order valence-electron chi connectivity index (χ3n) is 2.89. The topological polar surface area (TPSA) is 88.3 Å². The van der Waals surface area contributed by atoms with Gasteiger partial charge >= 0.3 is 5.97 Å².